The van der Waals surface area contributed by atoms with Gasteiger partial charge < -0.3 is 10.4 Å². The number of halogens is 3. The molecule has 0 aromatic rings. The number of hydrogen-bond acceptors (Lipinski definition) is 2. The summed E-state index contributed by atoms with van der Waals surface area (Å²) in [7, 11) is 0. The van der Waals surface area contributed by atoms with Crippen LogP contribution in [0, 0.1) is 5.92 Å². The van der Waals surface area contributed by atoms with Crippen molar-refractivity contribution in [2.75, 3.05) is 6.54 Å². The molecule has 0 saturated heterocycles. The normalized spacial score (nSPS) is 18.6. The maximum absolute atomic E-state index is 12.0. The van der Waals surface area contributed by atoms with Crippen LogP contribution in [0.2, 0.25) is 0 Å². The Hall–Kier alpha value is -0.290. The van der Waals surface area contributed by atoms with E-state index < -0.39 is 24.7 Å². The summed E-state index contributed by atoms with van der Waals surface area (Å²) in [6.07, 6.45) is -4.72. The standard InChI is InChI=1S/C10H20F3NO/c1-7(4-9(3)15)6-14-8(2)5-10(11,12)13/h7-9,14-15H,4-6H2,1-3H3. The van der Waals surface area contributed by atoms with Gasteiger partial charge in [-0.3, -0.25) is 0 Å². The van der Waals surface area contributed by atoms with Crippen LogP contribution < -0.4 is 5.32 Å². The molecule has 0 rings (SSSR count). The third-order valence-corrected chi connectivity index (χ3v) is 2.10. The molecule has 0 aliphatic carbocycles. The van der Waals surface area contributed by atoms with E-state index in [9.17, 15) is 13.2 Å². The van der Waals surface area contributed by atoms with Crippen molar-refractivity contribution in [3.8, 4) is 0 Å². The number of nitrogens with one attached hydrogen (secondary N) is 1. The third-order valence-electron chi connectivity index (χ3n) is 2.10. The van der Waals surface area contributed by atoms with Gasteiger partial charge in [-0.15, -0.1) is 0 Å². The number of aliphatic hydroxyl groups excluding tert-OH is 1. The Morgan fingerprint density at radius 2 is 1.73 bits per heavy atom. The molecule has 92 valence electrons. The van der Waals surface area contributed by atoms with Crippen molar-refractivity contribution >= 4 is 0 Å². The molecular weight excluding hydrogens is 207 g/mol. The van der Waals surface area contributed by atoms with Gasteiger partial charge in [0.15, 0.2) is 0 Å². The van der Waals surface area contributed by atoms with E-state index >= 15 is 0 Å². The monoisotopic (exact) mass is 227 g/mol. The van der Waals surface area contributed by atoms with E-state index in [-0.39, 0.29) is 5.92 Å². The van der Waals surface area contributed by atoms with Gasteiger partial charge in [0.1, 0.15) is 0 Å². The fourth-order valence-electron chi connectivity index (χ4n) is 1.49. The van der Waals surface area contributed by atoms with Gasteiger partial charge in [0.2, 0.25) is 0 Å². The van der Waals surface area contributed by atoms with Gasteiger partial charge in [0, 0.05) is 6.04 Å². The minimum atomic E-state index is -4.11. The molecule has 0 aromatic carbocycles. The van der Waals surface area contributed by atoms with Crippen LogP contribution in [0.15, 0.2) is 0 Å². The lowest BCUT2D eigenvalue weighted by Crippen LogP contribution is -2.34. The molecule has 0 spiro atoms. The molecule has 0 aliphatic heterocycles. The van der Waals surface area contributed by atoms with Crippen LogP contribution in [-0.4, -0.2) is 30.0 Å². The van der Waals surface area contributed by atoms with Crippen molar-refractivity contribution in [1.82, 2.24) is 5.32 Å². The smallest absolute Gasteiger partial charge is 0.390 e. The summed E-state index contributed by atoms with van der Waals surface area (Å²) in [4.78, 5) is 0. The van der Waals surface area contributed by atoms with Crippen molar-refractivity contribution in [3.63, 3.8) is 0 Å². The largest absolute Gasteiger partial charge is 0.393 e. The van der Waals surface area contributed by atoms with Gasteiger partial charge >= 0.3 is 6.18 Å². The quantitative estimate of drug-likeness (QED) is 0.730. The number of hydrogen-bond donors (Lipinski definition) is 2. The minimum Gasteiger partial charge on any atom is -0.393 e. The summed E-state index contributed by atoms with van der Waals surface area (Å²) in [6.45, 7) is 5.60. The minimum absolute atomic E-state index is 0.181. The van der Waals surface area contributed by atoms with E-state index in [1.807, 2.05) is 6.92 Å². The molecule has 2 nitrogen and oxygen atoms in total. The number of alkyl halides is 3. The summed E-state index contributed by atoms with van der Waals surface area (Å²) in [6, 6.07) is -0.568. The molecular formula is C10H20F3NO. The van der Waals surface area contributed by atoms with Gasteiger partial charge in [0.05, 0.1) is 12.5 Å². The van der Waals surface area contributed by atoms with Crippen molar-refractivity contribution in [2.45, 2.75) is 51.9 Å². The van der Waals surface area contributed by atoms with Gasteiger partial charge in [-0.2, -0.15) is 13.2 Å². The lowest BCUT2D eigenvalue weighted by atomic mass is 10.0. The summed E-state index contributed by atoms with van der Waals surface area (Å²) >= 11 is 0. The highest BCUT2D eigenvalue weighted by molar-refractivity contribution is 4.68. The average molecular weight is 227 g/mol. The van der Waals surface area contributed by atoms with E-state index in [1.54, 1.807) is 6.92 Å². The Morgan fingerprint density at radius 3 is 2.13 bits per heavy atom. The molecule has 0 radical (unpaired) electrons. The average Bonchev–Trinajstić information content (AvgIpc) is 1.96. The van der Waals surface area contributed by atoms with E-state index in [1.165, 1.54) is 6.92 Å². The molecule has 3 unspecified atom stereocenters. The van der Waals surface area contributed by atoms with Crippen molar-refractivity contribution in [1.29, 1.82) is 0 Å². The second-order valence-corrected chi connectivity index (χ2v) is 4.32. The molecule has 0 heterocycles. The molecule has 5 heteroatoms. The van der Waals surface area contributed by atoms with Gasteiger partial charge in [-0.25, -0.2) is 0 Å². The zero-order valence-electron chi connectivity index (χ0n) is 9.43. The van der Waals surface area contributed by atoms with Crippen LogP contribution in [0.5, 0.6) is 0 Å². The van der Waals surface area contributed by atoms with E-state index in [0.717, 1.165) is 0 Å². The first-order valence-electron chi connectivity index (χ1n) is 5.19. The summed E-state index contributed by atoms with van der Waals surface area (Å²) < 4.78 is 35.9. The number of aliphatic hydroxyl groups is 1. The molecule has 0 aromatic heterocycles. The maximum atomic E-state index is 12.0. The first kappa shape index (κ1) is 14.7. The molecule has 15 heavy (non-hydrogen) atoms. The van der Waals surface area contributed by atoms with Crippen LogP contribution >= 0.6 is 0 Å². The Balaban J connectivity index is 3.66. The fourth-order valence-corrected chi connectivity index (χ4v) is 1.49. The summed E-state index contributed by atoms with van der Waals surface area (Å²) in [5, 5.41) is 11.9. The fraction of sp³-hybridized carbons (Fsp3) is 1.00. The lowest BCUT2D eigenvalue weighted by molar-refractivity contribution is -0.139. The summed E-state index contributed by atoms with van der Waals surface area (Å²) in [5.74, 6) is 0.181. The molecule has 3 atom stereocenters. The molecule has 0 fully saturated rings. The van der Waals surface area contributed by atoms with Crippen LogP contribution in [0.3, 0.4) is 0 Å². The Labute approximate surface area is 88.9 Å². The van der Waals surface area contributed by atoms with Crippen molar-refractivity contribution in [2.24, 2.45) is 5.92 Å². The van der Waals surface area contributed by atoms with Crippen LogP contribution in [0.1, 0.15) is 33.6 Å². The van der Waals surface area contributed by atoms with E-state index in [4.69, 9.17) is 5.11 Å². The summed E-state index contributed by atoms with van der Waals surface area (Å²) in [5.41, 5.74) is 0. The second-order valence-electron chi connectivity index (χ2n) is 4.32. The van der Waals surface area contributed by atoms with Gasteiger partial charge in [-0.05, 0) is 32.7 Å². The number of rotatable bonds is 6. The zero-order valence-corrected chi connectivity index (χ0v) is 9.43. The highest BCUT2D eigenvalue weighted by Gasteiger charge is 2.29. The Bertz CT molecular complexity index is 171. The predicted molar refractivity (Wildman–Crippen MR) is 53.6 cm³/mol. The first-order valence-corrected chi connectivity index (χ1v) is 5.19. The van der Waals surface area contributed by atoms with Crippen LogP contribution in [0.4, 0.5) is 13.2 Å². The Kier molecular flexibility index (Phi) is 6.20. The molecule has 0 bridgehead atoms. The topological polar surface area (TPSA) is 32.3 Å². The highest BCUT2D eigenvalue weighted by Crippen LogP contribution is 2.21. The zero-order chi connectivity index (χ0) is 12.1. The maximum Gasteiger partial charge on any atom is 0.390 e. The Morgan fingerprint density at radius 1 is 1.20 bits per heavy atom. The van der Waals surface area contributed by atoms with Crippen LogP contribution in [0.25, 0.3) is 0 Å². The molecule has 0 saturated carbocycles. The predicted octanol–water partition coefficient (Wildman–Crippen LogP) is 2.32. The SMILES string of the molecule is CC(O)CC(C)CNC(C)CC(F)(F)F. The highest BCUT2D eigenvalue weighted by atomic mass is 19.4. The lowest BCUT2D eigenvalue weighted by Gasteiger charge is -2.19. The van der Waals surface area contributed by atoms with E-state index in [0.29, 0.717) is 13.0 Å². The first-order chi connectivity index (χ1) is 6.70. The van der Waals surface area contributed by atoms with Gasteiger partial charge in [-0.1, -0.05) is 6.92 Å². The van der Waals surface area contributed by atoms with Crippen LogP contribution in [-0.2, 0) is 0 Å². The molecule has 0 amide bonds. The third kappa shape index (κ3) is 10.0. The van der Waals surface area contributed by atoms with Gasteiger partial charge in [0.25, 0.3) is 0 Å². The van der Waals surface area contributed by atoms with Crippen molar-refractivity contribution < 1.29 is 18.3 Å². The van der Waals surface area contributed by atoms with Crippen molar-refractivity contribution in [3.05, 3.63) is 0 Å². The second kappa shape index (κ2) is 6.33. The van der Waals surface area contributed by atoms with E-state index in [2.05, 4.69) is 5.32 Å². The molecule has 0 aliphatic rings. The molecule has 2 N–H and O–H groups in total.